The van der Waals surface area contributed by atoms with E-state index in [0.717, 1.165) is 19.4 Å². The van der Waals surface area contributed by atoms with Gasteiger partial charge in [-0.25, -0.2) is 0 Å². The van der Waals surface area contributed by atoms with E-state index < -0.39 is 11.5 Å². The molecule has 0 spiro atoms. The standard InChI is InChI=1S/C16H30N2O2/c1-4-5-10-18(14-8-9-14)11-16(15(19)20,13-6-7-13)17-12(2)3/h12-14,17H,4-11H2,1-3H3,(H,19,20). The summed E-state index contributed by atoms with van der Waals surface area (Å²) in [5, 5.41) is 13.3. The molecule has 1 unspecified atom stereocenters. The number of nitrogens with zero attached hydrogens (tertiary/aromatic N) is 1. The van der Waals surface area contributed by atoms with Crippen LogP contribution in [0.1, 0.15) is 59.3 Å². The van der Waals surface area contributed by atoms with Gasteiger partial charge in [-0.1, -0.05) is 13.3 Å². The monoisotopic (exact) mass is 282 g/mol. The van der Waals surface area contributed by atoms with Crippen LogP contribution < -0.4 is 5.32 Å². The van der Waals surface area contributed by atoms with Gasteiger partial charge in [-0.05, 0) is 58.4 Å². The average molecular weight is 282 g/mol. The molecule has 2 aliphatic rings. The van der Waals surface area contributed by atoms with E-state index in [1.165, 1.54) is 25.7 Å². The van der Waals surface area contributed by atoms with Gasteiger partial charge in [0.1, 0.15) is 5.54 Å². The van der Waals surface area contributed by atoms with E-state index in [0.29, 0.717) is 18.5 Å². The smallest absolute Gasteiger partial charge is 0.325 e. The fraction of sp³-hybridized carbons (Fsp3) is 0.938. The van der Waals surface area contributed by atoms with E-state index >= 15 is 0 Å². The summed E-state index contributed by atoms with van der Waals surface area (Å²) in [7, 11) is 0. The van der Waals surface area contributed by atoms with Gasteiger partial charge in [0.05, 0.1) is 0 Å². The molecule has 0 radical (unpaired) electrons. The minimum absolute atomic E-state index is 0.207. The second-order valence-electron chi connectivity index (χ2n) is 6.91. The summed E-state index contributed by atoms with van der Waals surface area (Å²) in [4.78, 5) is 14.4. The summed E-state index contributed by atoms with van der Waals surface area (Å²) in [6.45, 7) is 8.02. The molecular weight excluding hydrogens is 252 g/mol. The Morgan fingerprint density at radius 1 is 1.35 bits per heavy atom. The molecule has 2 saturated carbocycles. The van der Waals surface area contributed by atoms with Crippen molar-refractivity contribution in [3.05, 3.63) is 0 Å². The predicted octanol–water partition coefficient (Wildman–Crippen LogP) is 2.48. The lowest BCUT2D eigenvalue weighted by atomic mass is 9.91. The summed E-state index contributed by atoms with van der Waals surface area (Å²) >= 11 is 0. The molecule has 0 saturated heterocycles. The van der Waals surface area contributed by atoms with Gasteiger partial charge in [0.2, 0.25) is 0 Å². The number of hydrogen-bond donors (Lipinski definition) is 2. The van der Waals surface area contributed by atoms with Crippen molar-refractivity contribution in [3.63, 3.8) is 0 Å². The van der Waals surface area contributed by atoms with Crippen LogP contribution in [-0.4, -0.2) is 46.7 Å². The second kappa shape index (κ2) is 6.44. The van der Waals surface area contributed by atoms with Crippen LogP contribution in [-0.2, 0) is 4.79 Å². The van der Waals surface area contributed by atoms with Gasteiger partial charge in [0.25, 0.3) is 0 Å². The Labute approximate surface area is 122 Å². The van der Waals surface area contributed by atoms with E-state index in [4.69, 9.17) is 0 Å². The third kappa shape index (κ3) is 3.73. The normalized spacial score (nSPS) is 22.2. The lowest BCUT2D eigenvalue weighted by molar-refractivity contribution is -0.147. The fourth-order valence-electron chi connectivity index (χ4n) is 3.20. The van der Waals surface area contributed by atoms with E-state index in [2.05, 4.69) is 17.1 Å². The summed E-state index contributed by atoms with van der Waals surface area (Å²) in [6, 6.07) is 0.840. The van der Waals surface area contributed by atoms with E-state index in [-0.39, 0.29) is 6.04 Å². The van der Waals surface area contributed by atoms with Crippen LogP contribution in [0.15, 0.2) is 0 Å². The third-order valence-corrected chi connectivity index (χ3v) is 4.52. The largest absolute Gasteiger partial charge is 0.480 e. The second-order valence-corrected chi connectivity index (χ2v) is 6.91. The molecule has 2 rings (SSSR count). The van der Waals surface area contributed by atoms with Gasteiger partial charge in [-0.2, -0.15) is 0 Å². The number of unbranched alkanes of at least 4 members (excludes halogenated alkanes) is 1. The number of nitrogens with one attached hydrogen (secondary N) is 1. The van der Waals surface area contributed by atoms with Crippen molar-refractivity contribution in [3.8, 4) is 0 Å². The zero-order valence-corrected chi connectivity index (χ0v) is 13.2. The quantitative estimate of drug-likeness (QED) is 0.646. The van der Waals surface area contributed by atoms with Crippen molar-refractivity contribution < 1.29 is 9.90 Å². The Kier molecular flexibility index (Phi) is 5.08. The minimum atomic E-state index is -0.732. The Morgan fingerprint density at radius 3 is 2.40 bits per heavy atom. The van der Waals surface area contributed by atoms with Crippen LogP contribution in [0.25, 0.3) is 0 Å². The summed E-state index contributed by atoms with van der Waals surface area (Å²) < 4.78 is 0. The molecule has 0 amide bonds. The highest BCUT2D eigenvalue weighted by molar-refractivity contribution is 5.80. The molecule has 1 atom stereocenters. The first-order valence-electron chi connectivity index (χ1n) is 8.24. The van der Waals surface area contributed by atoms with Crippen molar-refractivity contribution in [1.29, 1.82) is 0 Å². The maximum Gasteiger partial charge on any atom is 0.325 e. The molecule has 0 heterocycles. The van der Waals surface area contributed by atoms with E-state index in [9.17, 15) is 9.90 Å². The molecule has 0 bridgehead atoms. The SMILES string of the molecule is CCCCN(CC(NC(C)C)(C(=O)O)C1CC1)C1CC1. The average Bonchev–Trinajstić information content (AvgIpc) is 3.24. The molecule has 4 nitrogen and oxygen atoms in total. The highest BCUT2D eigenvalue weighted by atomic mass is 16.4. The van der Waals surface area contributed by atoms with Crippen LogP contribution >= 0.6 is 0 Å². The van der Waals surface area contributed by atoms with Crippen molar-refractivity contribution in [2.24, 2.45) is 5.92 Å². The maximum atomic E-state index is 12.0. The van der Waals surface area contributed by atoms with Gasteiger partial charge in [0, 0.05) is 18.6 Å². The topological polar surface area (TPSA) is 52.6 Å². The van der Waals surface area contributed by atoms with Gasteiger partial charge in [0.15, 0.2) is 0 Å². The summed E-state index contributed by atoms with van der Waals surface area (Å²) in [5.41, 5.74) is -0.732. The van der Waals surface area contributed by atoms with Crippen LogP contribution in [0.4, 0.5) is 0 Å². The molecule has 0 aromatic rings. The fourth-order valence-corrected chi connectivity index (χ4v) is 3.20. The lowest BCUT2D eigenvalue weighted by Crippen LogP contribution is -2.63. The molecule has 0 aromatic heterocycles. The zero-order chi connectivity index (χ0) is 14.8. The van der Waals surface area contributed by atoms with Crippen molar-refractivity contribution in [2.75, 3.05) is 13.1 Å². The molecule has 20 heavy (non-hydrogen) atoms. The number of aliphatic carboxylic acids is 1. The van der Waals surface area contributed by atoms with E-state index in [1.807, 2.05) is 13.8 Å². The van der Waals surface area contributed by atoms with E-state index in [1.54, 1.807) is 0 Å². The summed E-state index contributed by atoms with van der Waals surface area (Å²) in [5.74, 6) is -0.346. The highest BCUT2D eigenvalue weighted by Gasteiger charge is 2.53. The maximum absolute atomic E-state index is 12.0. The van der Waals surface area contributed by atoms with Crippen LogP contribution in [0.2, 0.25) is 0 Å². The van der Waals surface area contributed by atoms with Crippen LogP contribution in [0, 0.1) is 5.92 Å². The van der Waals surface area contributed by atoms with Crippen LogP contribution in [0.3, 0.4) is 0 Å². The molecule has 0 aromatic carbocycles. The van der Waals surface area contributed by atoms with Crippen molar-refractivity contribution in [2.45, 2.75) is 76.9 Å². The Morgan fingerprint density at radius 2 is 2.00 bits per heavy atom. The Bertz CT molecular complexity index is 337. The predicted molar refractivity (Wildman–Crippen MR) is 80.9 cm³/mol. The third-order valence-electron chi connectivity index (χ3n) is 4.52. The summed E-state index contributed by atoms with van der Waals surface area (Å²) in [6.07, 6.45) is 6.93. The lowest BCUT2D eigenvalue weighted by Gasteiger charge is -2.38. The molecule has 0 aliphatic heterocycles. The van der Waals surface area contributed by atoms with Gasteiger partial charge in [-0.3, -0.25) is 15.0 Å². The Balaban J connectivity index is 2.09. The molecule has 4 heteroatoms. The molecule has 116 valence electrons. The minimum Gasteiger partial charge on any atom is -0.480 e. The van der Waals surface area contributed by atoms with Crippen LogP contribution in [0.5, 0.6) is 0 Å². The number of carbonyl (C=O) groups is 1. The number of rotatable bonds is 10. The Hall–Kier alpha value is -0.610. The molecule has 2 fully saturated rings. The first kappa shape index (κ1) is 15.8. The van der Waals surface area contributed by atoms with Crippen molar-refractivity contribution in [1.82, 2.24) is 10.2 Å². The highest BCUT2D eigenvalue weighted by Crippen LogP contribution is 2.42. The molecule has 2 N–H and O–H groups in total. The number of carboxylic acids is 1. The first-order chi connectivity index (χ1) is 9.49. The molecular formula is C16H30N2O2. The number of carboxylic acid groups (broad SMARTS) is 1. The first-order valence-corrected chi connectivity index (χ1v) is 8.24. The van der Waals surface area contributed by atoms with Crippen molar-refractivity contribution >= 4 is 5.97 Å². The number of hydrogen-bond acceptors (Lipinski definition) is 3. The van der Waals surface area contributed by atoms with Gasteiger partial charge < -0.3 is 5.11 Å². The molecule has 2 aliphatic carbocycles. The zero-order valence-electron chi connectivity index (χ0n) is 13.2. The van der Waals surface area contributed by atoms with Gasteiger partial charge >= 0.3 is 5.97 Å². The van der Waals surface area contributed by atoms with Gasteiger partial charge in [-0.15, -0.1) is 0 Å².